The summed E-state index contributed by atoms with van der Waals surface area (Å²) in [5.74, 6) is -0.0830. The van der Waals surface area contributed by atoms with Gasteiger partial charge in [-0.2, -0.15) is 0 Å². The summed E-state index contributed by atoms with van der Waals surface area (Å²) in [5.41, 5.74) is 3.87. The number of anilines is 2. The highest BCUT2D eigenvalue weighted by atomic mass is 16.5. The molecule has 0 radical (unpaired) electrons. The van der Waals surface area contributed by atoms with Crippen molar-refractivity contribution >= 4 is 23.2 Å². The van der Waals surface area contributed by atoms with Gasteiger partial charge in [0, 0.05) is 31.5 Å². The molecular weight excluding hydrogens is 328 g/mol. The SMILES string of the molecule is COCC(=O)N1CCCc2ccc(NC(=O)CCc3ccccc3)cc21. The smallest absolute Gasteiger partial charge is 0.252 e. The maximum atomic E-state index is 12.3. The minimum Gasteiger partial charge on any atom is -0.375 e. The Hall–Kier alpha value is -2.66. The number of nitrogens with one attached hydrogen (secondary N) is 1. The molecule has 136 valence electrons. The lowest BCUT2D eigenvalue weighted by atomic mass is 10.0. The van der Waals surface area contributed by atoms with Gasteiger partial charge in [0.2, 0.25) is 5.91 Å². The predicted octanol–water partition coefficient (Wildman–Crippen LogP) is 3.18. The van der Waals surface area contributed by atoms with Crippen LogP contribution in [0.15, 0.2) is 48.5 Å². The Kier molecular flexibility index (Phi) is 6.02. The number of carbonyl (C=O) groups excluding carboxylic acids is 2. The van der Waals surface area contributed by atoms with Gasteiger partial charge >= 0.3 is 0 Å². The van der Waals surface area contributed by atoms with Crippen LogP contribution in [0.3, 0.4) is 0 Å². The molecule has 0 unspecified atom stereocenters. The molecule has 1 N–H and O–H groups in total. The third-order valence-electron chi connectivity index (χ3n) is 4.54. The fraction of sp³-hybridized carbons (Fsp3) is 0.333. The summed E-state index contributed by atoms with van der Waals surface area (Å²) in [4.78, 5) is 26.3. The van der Waals surface area contributed by atoms with Gasteiger partial charge in [0.05, 0.1) is 0 Å². The van der Waals surface area contributed by atoms with Crippen molar-refractivity contribution in [2.24, 2.45) is 0 Å². The van der Waals surface area contributed by atoms with E-state index in [2.05, 4.69) is 5.32 Å². The molecule has 0 saturated heterocycles. The highest BCUT2D eigenvalue weighted by Crippen LogP contribution is 2.30. The number of fused-ring (bicyclic) bond motifs is 1. The topological polar surface area (TPSA) is 58.6 Å². The van der Waals surface area contributed by atoms with E-state index in [9.17, 15) is 9.59 Å². The van der Waals surface area contributed by atoms with Crippen LogP contribution in [0.2, 0.25) is 0 Å². The van der Waals surface area contributed by atoms with Gasteiger partial charge < -0.3 is 15.0 Å². The lowest BCUT2D eigenvalue weighted by Gasteiger charge is -2.29. The number of ether oxygens (including phenoxy) is 1. The van der Waals surface area contributed by atoms with E-state index in [0.29, 0.717) is 19.4 Å². The van der Waals surface area contributed by atoms with Gasteiger partial charge in [-0.1, -0.05) is 36.4 Å². The molecule has 26 heavy (non-hydrogen) atoms. The van der Waals surface area contributed by atoms with Crippen LogP contribution < -0.4 is 10.2 Å². The minimum absolute atomic E-state index is 0.0284. The molecule has 0 aliphatic carbocycles. The van der Waals surface area contributed by atoms with Crippen molar-refractivity contribution in [3.05, 3.63) is 59.7 Å². The monoisotopic (exact) mass is 352 g/mol. The van der Waals surface area contributed by atoms with Gasteiger partial charge in [-0.05, 0) is 42.5 Å². The normalized spacial score (nSPS) is 13.2. The van der Waals surface area contributed by atoms with Gasteiger partial charge in [0.15, 0.2) is 0 Å². The summed E-state index contributed by atoms with van der Waals surface area (Å²) < 4.78 is 4.98. The number of amides is 2. The van der Waals surface area contributed by atoms with Crippen LogP contribution in [0.4, 0.5) is 11.4 Å². The number of rotatable bonds is 6. The third-order valence-corrected chi connectivity index (χ3v) is 4.54. The van der Waals surface area contributed by atoms with Crippen molar-refractivity contribution in [2.75, 3.05) is 30.5 Å². The first kappa shape index (κ1) is 18.1. The van der Waals surface area contributed by atoms with E-state index < -0.39 is 0 Å². The zero-order valence-corrected chi connectivity index (χ0v) is 15.0. The molecule has 2 aromatic carbocycles. The Morgan fingerprint density at radius 2 is 1.96 bits per heavy atom. The number of aryl methyl sites for hydroxylation is 2. The summed E-state index contributed by atoms with van der Waals surface area (Å²) in [6, 6.07) is 15.7. The Balaban J connectivity index is 1.66. The largest absolute Gasteiger partial charge is 0.375 e. The Morgan fingerprint density at radius 3 is 2.73 bits per heavy atom. The lowest BCUT2D eigenvalue weighted by Crippen LogP contribution is -2.37. The molecule has 1 aliphatic heterocycles. The van der Waals surface area contributed by atoms with Crippen LogP contribution in [0, 0.1) is 0 Å². The van der Waals surface area contributed by atoms with Crippen LogP contribution in [0.1, 0.15) is 24.0 Å². The van der Waals surface area contributed by atoms with E-state index >= 15 is 0 Å². The standard InChI is InChI=1S/C21H24N2O3/c1-26-15-21(25)23-13-5-8-17-10-11-18(14-19(17)23)22-20(24)12-9-16-6-3-2-4-7-16/h2-4,6-7,10-11,14H,5,8-9,12-13,15H2,1H3,(H,22,24). The van der Waals surface area contributed by atoms with E-state index in [-0.39, 0.29) is 18.4 Å². The van der Waals surface area contributed by atoms with Crippen LogP contribution >= 0.6 is 0 Å². The fourth-order valence-corrected chi connectivity index (χ4v) is 3.24. The molecule has 0 fully saturated rings. The van der Waals surface area contributed by atoms with Crippen molar-refractivity contribution in [3.63, 3.8) is 0 Å². The average molecular weight is 352 g/mol. The molecule has 1 aliphatic rings. The summed E-state index contributed by atoms with van der Waals surface area (Å²) in [6.07, 6.45) is 3.00. The van der Waals surface area contributed by atoms with Gasteiger partial charge in [-0.3, -0.25) is 9.59 Å². The molecular formula is C21H24N2O3. The zero-order chi connectivity index (χ0) is 18.4. The van der Waals surface area contributed by atoms with Crippen LogP contribution in [0.5, 0.6) is 0 Å². The van der Waals surface area contributed by atoms with Crippen molar-refractivity contribution < 1.29 is 14.3 Å². The Labute approximate surface area is 154 Å². The second-order valence-corrected chi connectivity index (χ2v) is 6.46. The summed E-state index contributed by atoms with van der Waals surface area (Å²) in [5, 5.41) is 2.95. The lowest BCUT2D eigenvalue weighted by molar-refractivity contribution is -0.122. The number of nitrogens with zero attached hydrogens (tertiary/aromatic N) is 1. The molecule has 0 atom stereocenters. The number of hydrogen-bond acceptors (Lipinski definition) is 3. The number of benzene rings is 2. The van der Waals surface area contributed by atoms with Crippen molar-refractivity contribution in [3.8, 4) is 0 Å². The van der Waals surface area contributed by atoms with Gasteiger partial charge in [0.25, 0.3) is 5.91 Å². The molecule has 2 amide bonds. The molecule has 1 heterocycles. The van der Waals surface area contributed by atoms with E-state index in [4.69, 9.17) is 4.74 Å². The highest BCUT2D eigenvalue weighted by molar-refractivity contribution is 5.97. The van der Waals surface area contributed by atoms with Crippen LogP contribution in [0.25, 0.3) is 0 Å². The van der Waals surface area contributed by atoms with E-state index in [1.807, 2.05) is 48.5 Å². The molecule has 3 rings (SSSR count). The maximum Gasteiger partial charge on any atom is 0.252 e. The van der Waals surface area contributed by atoms with E-state index in [1.54, 1.807) is 4.90 Å². The number of methoxy groups -OCH3 is 1. The summed E-state index contributed by atoms with van der Waals surface area (Å²) in [6.45, 7) is 0.744. The van der Waals surface area contributed by atoms with Gasteiger partial charge in [-0.25, -0.2) is 0 Å². The average Bonchev–Trinajstić information content (AvgIpc) is 2.67. The van der Waals surface area contributed by atoms with Crippen molar-refractivity contribution in [1.29, 1.82) is 0 Å². The van der Waals surface area contributed by atoms with Crippen LogP contribution in [-0.2, 0) is 27.2 Å². The molecule has 0 aromatic heterocycles. The van der Waals surface area contributed by atoms with Gasteiger partial charge in [-0.15, -0.1) is 0 Å². The molecule has 0 bridgehead atoms. The van der Waals surface area contributed by atoms with E-state index in [0.717, 1.165) is 35.3 Å². The third kappa shape index (κ3) is 4.49. The summed E-state index contributed by atoms with van der Waals surface area (Å²) >= 11 is 0. The molecule has 2 aromatic rings. The first-order chi connectivity index (χ1) is 12.7. The summed E-state index contributed by atoms with van der Waals surface area (Å²) in [7, 11) is 1.52. The molecule has 5 heteroatoms. The minimum atomic E-state index is -0.0546. The fourth-order valence-electron chi connectivity index (χ4n) is 3.24. The first-order valence-electron chi connectivity index (χ1n) is 8.93. The van der Waals surface area contributed by atoms with Crippen LogP contribution in [-0.4, -0.2) is 32.1 Å². The zero-order valence-electron chi connectivity index (χ0n) is 15.0. The van der Waals surface area contributed by atoms with E-state index in [1.165, 1.54) is 7.11 Å². The highest BCUT2D eigenvalue weighted by Gasteiger charge is 2.22. The molecule has 0 spiro atoms. The second kappa shape index (κ2) is 8.63. The van der Waals surface area contributed by atoms with Crippen molar-refractivity contribution in [2.45, 2.75) is 25.7 Å². The maximum absolute atomic E-state index is 12.3. The first-order valence-corrected chi connectivity index (χ1v) is 8.93. The second-order valence-electron chi connectivity index (χ2n) is 6.46. The number of carbonyl (C=O) groups is 2. The Morgan fingerprint density at radius 1 is 1.15 bits per heavy atom. The van der Waals surface area contributed by atoms with Crippen molar-refractivity contribution in [1.82, 2.24) is 0 Å². The molecule has 5 nitrogen and oxygen atoms in total. The number of hydrogen-bond donors (Lipinski definition) is 1. The Bertz CT molecular complexity index is 774. The quantitative estimate of drug-likeness (QED) is 0.869. The van der Waals surface area contributed by atoms with Gasteiger partial charge in [0.1, 0.15) is 6.61 Å². The molecule has 0 saturated carbocycles. The predicted molar refractivity (Wildman–Crippen MR) is 102 cm³/mol.